The van der Waals surface area contributed by atoms with Crippen molar-refractivity contribution < 1.29 is 4.42 Å². The van der Waals surface area contributed by atoms with E-state index in [4.69, 9.17) is 4.42 Å². The summed E-state index contributed by atoms with van der Waals surface area (Å²) in [6.45, 7) is 3.96. The Labute approximate surface area is 136 Å². The molecule has 0 amide bonds. The molecule has 2 aromatic rings. The third-order valence-electron chi connectivity index (χ3n) is 4.82. The van der Waals surface area contributed by atoms with Crippen LogP contribution >= 0.6 is 0 Å². The molecule has 1 aliphatic heterocycles. The molecule has 1 aliphatic carbocycles. The lowest BCUT2D eigenvalue weighted by Crippen LogP contribution is -2.34. The van der Waals surface area contributed by atoms with Crippen molar-refractivity contribution in [3.05, 3.63) is 41.9 Å². The van der Waals surface area contributed by atoms with Crippen LogP contribution < -0.4 is 0 Å². The highest BCUT2D eigenvalue weighted by molar-refractivity contribution is 5.09. The number of rotatable bonds is 6. The monoisotopic (exact) mass is 313 g/mol. The van der Waals surface area contributed by atoms with Gasteiger partial charge in [-0.2, -0.15) is 0 Å². The molecule has 2 aliphatic rings. The van der Waals surface area contributed by atoms with Crippen molar-refractivity contribution in [3.8, 4) is 0 Å². The van der Waals surface area contributed by atoms with Gasteiger partial charge in [-0.3, -0.25) is 14.8 Å². The zero-order valence-electron chi connectivity index (χ0n) is 13.6. The zero-order chi connectivity index (χ0) is 15.6. The van der Waals surface area contributed by atoms with E-state index in [0.717, 1.165) is 38.0 Å². The van der Waals surface area contributed by atoms with Gasteiger partial charge in [0, 0.05) is 44.0 Å². The first-order valence-electron chi connectivity index (χ1n) is 8.41. The van der Waals surface area contributed by atoms with Gasteiger partial charge in [-0.05, 0) is 44.0 Å². The molecule has 0 spiro atoms. The second kappa shape index (κ2) is 6.37. The highest BCUT2D eigenvalue weighted by Gasteiger charge is 2.30. The molecule has 2 aromatic heterocycles. The van der Waals surface area contributed by atoms with E-state index in [-0.39, 0.29) is 0 Å². The van der Waals surface area contributed by atoms with Gasteiger partial charge in [0.2, 0.25) is 11.8 Å². The minimum Gasteiger partial charge on any atom is -0.424 e. The van der Waals surface area contributed by atoms with Crippen molar-refractivity contribution in [2.75, 3.05) is 20.1 Å². The maximum atomic E-state index is 5.78. The van der Waals surface area contributed by atoms with Crippen molar-refractivity contribution in [3.63, 3.8) is 0 Å². The summed E-state index contributed by atoms with van der Waals surface area (Å²) in [7, 11) is 2.15. The van der Waals surface area contributed by atoms with Crippen molar-refractivity contribution in [2.24, 2.45) is 0 Å². The summed E-state index contributed by atoms with van der Waals surface area (Å²) in [5.41, 5.74) is 1.33. The summed E-state index contributed by atoms with van der Waals surface area (Å²) in [6.07, 6.45) is 7.31. The number of likely N-dealkylation sites (tertiary alicyclic amines) is 1. The maximum absolute atomic E-state index is 5.78. The molecule has 6 nitrogen and oxygen atoms in total. The molecule has 0 N–H and O–H groups in total. The van der Waals surface area contributed by atoms with Crippen LogP contribution in [0, 0.1) is 0 Å². The van der Waals surface area contributed by atoms with Gasteiger partial charge in [0.15, 0.2) is 0 Å². The maximum Gasteiger partial charge on any atom is 0.230 e. The summed E-state index contributed by atoms with van der Waals surface area (Å²) >= 11 is 0. The first kappa shape index (κ1) is 14.8. The van der Waals surface area contributed by atoms with Crippen LogP contribution in [0.25, 0.3) is 0 Å². The van der Waals surface area contributed by atoms with Crippen LogP contribution in [0.4, 0.5) is 0 Å². The van der Waals surface area contributed by atoms with Gasteiger partial charge in [-0.1, -0.05) is 0 Å². The van der Waals surface area contributed by atoms with Crippen LogP contribution in [0.2, 0.25) is 0 Å². The van der Waals surface area contributed by atoms with Gasteiger partial charge in [0.1, 0.15) is 0 Å². The van der Waals surface area contributed by atoms with E-state index in [1.807, 2.05) is 12.4 Å². The fourth-order valence-electron chi connectivity index (χ4n) is 3.23. The van der Waals surface area contributed by atoms with Crippen LogP contribution in [-0.4, -0.2) is 51.2 Å². The normalized spacial score (nSPS) is 22.1. The first-order valence-corrected chi connectivity index (χ1v) is 8.41. The second-order valence-corrected chi connectivity index (χ2v) is 6.76. The molecule has 4 rings (SSSR count). The third-order valence-corrected chi connectivity index (χ3v) is 4.82. The molecule has 2 fully saturated rings. The minimum atomic E-state index is 0.531. The Morgan fingerprint density at radius 2 is 2.04 bits per heavy atom. The van der Waals surface area contributed by atoms with Crippen LogP contribution in [0.15, 0.2) is 28.9 Å². The van der Waals surface area contributed by atoms with E-state index in [0.29, 0.717) is 12.0 Å². The van der Waals surface area contributed by atoms with Crippen LogP contribution in [0.3, 0.4) is 0 Å². The van der Waals surface area contributed by atoms with E-state index in [2.05, 4.69) is 44.2 Å². The summed E-state index contributed by atoms with van der Waals surface area (Å²) in [5.74, 6) is 2.12. The van der Waals surface area contributed by atoms with Gasteiger partial charge in [-0.15, -0.1) is 10.2 Å². The largest absolute Gasteiger partial charge is 0.424 e. The second-order valence-electron chi connectivity index (χ2n) is 6.76. The van der Waals surface area contributed by atoms with Crippen molar-refractivity contribution in [1.82, 2.24) is 25.0 Å². The Balaban J connectivity index is 1.29. The first-order chi connectivity index (χ1) is 11.3. The minimum absolute atomic E-state index is 0.531. The topological polar surface area (TPSA) is 58.3 Å². The predicted molar refractivity (Wildman–Crippen MR) is 85.7 cm³/mol. The smallest absolute Gasteiger partial charge is 0.230 e. The van der Waals surface area contributed by atoms with E-state index >= 15 is 0 Å². The van der Waals surface area contributed by atoms with Gasteiger partial charge in [-0.25, -0.2) is 0 Å². The fraction of sp³-hybridized carbons (Fsp3) is 0.588. The molecule has 1 atom stereocenters. The number of likely N-dealkylation sites (N-methyl/N-ethyl adjacent to an activating group) is 1. The molecule has 0 bridgehead atoms. The molecule has 0 radical (unpaired) electrons. The molecule has 6 heteroatoms. The molecule has 1 saturated carbocycles. The lowest BCUT2D eigenvalue weighted by atomic mass is 10.2. The summed E-state index contributed by atoms with van der Waals surface area (Å²) in [5, 5.41) is 8.37. The molecule has 0 aromatic carbocycles. The Hall–Kier alpha value is -1.79. The molecule has 3 heterocycles. The number of aromatic nitrogens is 3. The van der Waals surface area contributed by atoms with Crippen molar-refractivity contribution in [1.29, 1.82) is 0 Å². The lowest BCUT2D eigenvalue weighted by molar-refractivity contribution is 0.204. The number of hydrogen-bond donors (Lipinski definition) is 0. The van der Waals surface area contributed by atoms with E-state index in [1.54, 1.807) is 0 Å². The van der Waals surface area contributed by atoms with Crippen molar-refractivity contribution >= 4 is 0 Å². The summed E-state index contributed by atoms with van der Waals surface area (Å²) in [6, 6.07) is 4.73. The van der Waals surface area contributed by atoms with E-state index < -0.39 is 0 Å². The van der Waals surface area contributed by atoms with Crippen LogP contribution in [0.5, 0.6) is 0 Å². The van der Waals surface area contributed by atoms with Crippen molar-refractivity contribution in [2.45, 2.75) is 44.3 Å². The van der Waals surface area contributed by atoms with E-state index in [1.165, 1.54) is 24.8 Å². The Kier molecular flexibility index (Phi) is 4.10. The third kappa shape index (κ3) is 3.59. The fourth-order valence-corrected chi connectivity index (χ4v) is 3.23. The molecular formula is C17H23N5O. The number of nitrogens with zero attached hydrogens (tertiary/aromatic N) is 5. The number of pyridine rings is 1. The molecule has 122 valence electrons. The Bertz CT molecular complexity index is 639. The Morgan fingerprint density at radius 3 is 2.83 bits per heavy atom. The summed E-state index contributed by atoms with van der Waals surface area (Å²) in [4.78, 5) is 8.92. The van der Waals surface area contributed by atoms with Gasteiger partial charge < -0.3 is 4.42 Å². The molecular weight excluding hydrogens is 290 g/mol. The van der Waals surface area contributed by atoms with E-state index in [9.17, 15) is 0 Å². The summed E-state index contributed by atoms with van der Waals surface area (Å²) < 4.78 is 5.78. The average Bonchev–Trinajstić information content (AvgIpc) is 3.13. The highest BCUT2D eigenvalue weighted by atomic mass is 16.4. The van der Waals surface area contributed by atoms with Crippen LogP contribution in [-0.2, 0) is 13.1 Å². The quantitative estimate of drug-likeness (QED) is 0.813. The standard InChI is InChI=1S/C17H23N5O/c1-21(12-16-19-20-17(23-16)14-2-3-14)15-6-9-22(11-15)10-13-4-7-18-8-5-13/h4-5,7-8,14-15H,2-3,6,9-12H2,1H3. The molecule has 1 unspecified atom stereocenters. The number of hydrogen-bond acceptors (Lipinski definition) is 6. The van der Waals surface area contributed by atoms with Gasteiger partial charge in [0.05, 0.1) is 6.54 Å². The van der Waals surface area contributed by atoms with Gasteiger partial charge >= 0.3 is 0 Å². The average molecular weight is 313 g/mol. The zero-order valence-corrected chi connectivity index (χ0v) is 13.6. The lowest BCUT2D eigenvalue weighted by Gasteiger charge is -2.23. The highest BCUT2D eigenvalue weighted by Crippen LogP contribution is 2.39. The molecule has 23 heavy (non-hydrogen) atoms. The van der Waals surface area contributed by atoms with Crippen LogP contribution in [0.1, 0.15) is 42.5 Å². The molecule has 1 saturated heterocycles. The Morgan fingerprint density at radius 1 is 1.22 bits per heavy atom. The SMILES string of the molecule is CN(Cc1nnc(C2CC2)o1)C1CCN(Cc2ccncc2)C1. The van der Waals surface area contributed by atoms with Gasteiger partial charge in [0.25, 0.3) is 0 Å². The predicted octanol–water partition coefficient (Wildman–Crippen LogP) is 2.05.